The highest BCUT2D eigenvalue weighted by Crippen LogP contribution is 2.20. The average Bonchev–Trinajstić information content (AvgIpc) is 2.37. The number of hydrogen-bond donors (Lipinski definition) is 0. The van der Waals surface area contributed by atoms with Crippen molar-refractivity contribution in [3.8, 4) is 0 Å². The lowest BCUT2D eigenvalue weighted by Crippen LogP contribution is -2.06. The molecule has 2 aromatic carbocycles. The molecule has 98 valence electrons. The fraction of sp³-hybridized carbons (Fsp3) is 0.235. The van der Waals surface area contributed by atoms with Crippen LogP contribution in [0.25, 0.3) is 0 Å². The van der Waals surface area contributed by atoms with Crippen LogP contribution >= 0.6 is 15.9 Å². The van der Waals surface area contributed by atoms with Crippen molar-refractivity contribution in [3.05, 3.63) is 68.7 Å². The molecule has 19 heavy (non-hydrogen) atoms. The highest BCUT2D eigenvalue weighted by Gasteiger charge is 2.11. The van der Waals surface area contributed by atoms with Gasteiger partial charge in [0.2, 0.25) is 0 Å². The van der Waals surface area contributed by atoms with Crippen LogP contribution in [0.1, 0.15) is 32.6 Å². The molecule has 0 bridgehead atoms. The zero-order chi connectivity index (χ0) is 14.0. The Kier molecular flexibility index (Phi) is 4.20. The maximum absolute atomic E-state index is 12.4. The summed E-state index contributed by atoms with van der Waals surface area (Å²) >= 11 is 3.46. The maximum atomic E-state index is 12.4. The first-order valence-electron chi connectivity index (χ1n) is 6.33. The predicted octanol–water partition coefficient (Wildman–Crippen LogP) is 4.80. The number of aryl methyl sites for hydroxylation is 3. The molecular formula is C17H17BrO. The van der Waals surface area contributed by atoms with Gasteiger partial charge in [-0.1, -0.05) is 40.2 Å². The fourth-order valence-corrected chi connectivity index (χ4v) is 2.46. The molecule has 0 N–H and O–H groups in total. The number of benzene rings is 2. The Hall–Kier alpha value is -1.41. The van der Waals surface area contributed by atoms with Crippen molar-refractivity contribution in [3.63, 3.8) is 0 Å². The van der Waals surface area contributed by atoms with Gasteiger partial charge in [-0.25, -0.2) is 0 Å². The number of carbonyl (C=O) groups excluding carboxylic acids is 1. The molecule has 1 nitrogen and oxygen atoms in total. The van der Waals surface area contributed by atoms with E-state index in [1.165, 1.54) is 11.1 Å². The van der Waals surface area contributed by atoms with E-state index in [1.54, 1.807) is 0 Å². The maximum Gasteiger partial charge on any atom is 0.167 e. The predicted molar refractivity (Wildman–Crippen MR) is 82.8 cm³/mol. The Balaban J connectivity index is 2.28. The molecule has 0 amide bonds. The van der Waals surface area contributed by atoms with E-state index in [9.17, 15) is 4.79 Å². The standard InChI is InChI=1S/C17H17BrO/c1-11-5-4-6-12(2)15(11)10-17(19)14-7-8-16(18)13(3)9-14/h4-9H,10H2,1-3H3. The molecule has 0 heterocycles. The average molecular weight is 317 g/mol. The molecule has 2 aromatic rings. The second-order valence-electron chi connectivity index (χ2n) is 4.93. The molecule has 0 unspecified atom stereocenters. The van der Waals surface area contributed by atoms with Crippen molar-refractivity contribution < 1.29 is 4.79 Å². The van der Waals surface area contributed by atoms with Crippen molar-refractivity contribution in [2.75, 3.05) is 0 Å². The highest BCUT2D eigenvalue weighted by atomic mass is 79.9. The van der Waals surface area contributed by atoms with E-state index in [1.807, 2.05) is 31.2 Å². The van der Waals surface area contributed by atoms with E-state index in [0.717, 1.165) is 21.2 Å². The summed E-state index contributed by atoms with van der Waals surface area (Å²) < 4.78 is 1.04. The molecular weight excluding hydrogens is 300 g/mol. The molecule has 0 aliphatic carbocycles. The third kappa shape index (κ3) is 3.13. The monoisotopic (exact) mass is 316 g/mol. The minimum absolute atomic E-state index is 0.174. The number of hydrogen-bond acceptors (Lipinski definition) is 1. The second-order valence-corrected chi connectivity index (χ2v) is 5.79. The summed E-state index contributed by atoms with van der Waals surface area (Å²) in [6.45, 7) is 6.12. The lowest BCUT2D eigenvalue weighted by Gasteiger charge is -2.09. The van der Waals surface area contributed by atoms with Gasteiger partial charge < -0.3 is 0 Å². The van der Waals surface area contributed by atoms with Crippen LogP contribution in [0.15, 0.2) is 40.9 Å². The van der Waals surface area contributed by atoms with Crippen LogP contribution in [0.5, 0.6) is 0 Å². The van der Waals surface area contributed by atoms with E-state index >= 15 is 0 Å². The Morgan fingerprint density at radius 1 is 1.00 bits per heavy atom. The summed E-state index contributed by atoms with van der Waals surface area (Å²) in [5.74, 6) is 0.174. The smallest absolute Gasteiger partial charge is 0.167 e. The molecule has 0 saturated carbocycles. The summed E-state index contributed by atoms with van der Waals surface area (Å²) in [6.07, 6.45) is 0.472. The van der Waals surface area contributed by atoms with Gasteiger partial charge in [-0.05, 0) is 55.2 Å². The third-order valence-corrected chi connectivity index (χ3v) is 4.35. The van der Waals surface area contributed by atoms with Crippen molar-refractivity contribution in [1.82, 2.24) is 0 Å². The molecule has 0 saturated heterocycles. The summed E-state index contributed by atoms with van der Waals surface area (Å²) in [6, 6.07) is 11.9. The van der Waals surface area contributed by atoms with Gasteiger partial charge in [0.15, 0.2) is 5.78 Å². The van der Waals surface area contributed by atoms with Gasteiger partial charge in [-0.2, -0.15) is 0 Å². The number of ketones is 1. The highest BCUT2D eigenvalue weighted by molar-refractivity contribution is 9.10. The largest absolute Gasteiger partial charge is 0.294 e. The Bertz CT molecular complexity index is 609. The lowest BCUT2D eigenvalue weighted by molar-refractivity contribution is 0.0992. The SMILES string of the molecule is Cc1cc(C(=O)Cc2c(C)cccc2C)ccc1Br. The molecule has 0 atom stereocenters. The van der Waals surface area contributed by atoms with Crippen LogP contribution in [0.4, 0.5) is 0 Å². The van der Waals surface area contributed by atoms with Crippen LogP contribution < -0.4 is 0 Å². The number of Topliss-reactive ketones (excluding diaryl/α,β-unsaturated/α-hetero) is 1. The van der Waals surface area contributed by atoms with Crippen LogP contribution in [-0.4, -0.2) is 5.78 Å². The molecule has 0 spiro atoms. The van der Waals surface area contributed by atoms with Gasteiger partial charge in [0, 0.05) is 16.5 Å². The normalized spacial score (nSPS) is 10.5. The zero-order valence-corrected chi connectivity index (χ0v) is 13.0. The summed E-state index contributed by atoms with van der Waals surface area (Å²) in [4.78, 5) is 12.4. The molecule has 2 heteroatoms. The Morgan fingerprint density at radius 3 is 2.21 bits per heavy atom. The van der Waals surface area contributed by atoms with E-state index in [-0.39, 0.29) is 5.78 Å². The minimum atomic E-state index is 0.174. The number of rotatable bonds is 3. The van der Waals surface area contributed by atoms with Crippen molar-refractivity contribution >= 4 is 21.7 Å². The van der Waals surface area contributed by atoms with Gasteiger partial charge >= 0.3 is 0 Å². The number of halogens is 1. The lowest BCUT2D eigenvalue weighted by atomic mass is 9.95. The van der Waals surface area contributed by atoms with Gasteiger partial charge in [0.1, 0.15) is 0 Å². The molecule has 2 rings (SSSR count). The van der Waals surface area contributed by atoms with Gasteiger partial charge in [0.05, 0.1) is 0 Å². The minimum Gasteiger partial charge on any atom is -0.294 e. The van der Waals surface area contributed by atoms with Gasteiger partial charge in [0.25, 0.3) is 0 Å². The zero-order valence-electron chi connectivity index (χ0n) is 11.5. The van der Waals surface area contributed by atoms with E-state index < -0.39 is 0 Å². The Labute approximate surface area is 122 Å². The topological polar surface area (TPSA) is 17.1 Å². The van der Waals surface area contributed by atoms with Crippen LogP contribution in [0.3, 0.4) is 0 Å². The van der Waals surface area contributed by atoms with Gasteiger partial charge in [-0.15, -0.1) is 0 Å². The van der Waals surface area contributed by atoms with Crippen molar-refractivity contribution in [2.24, 2.45) is 0 Å². The van der Waals surface area contributed by atoms with Crippen LogP contribution in [-0.2, 0) is 6.42 Å². The third-order valence-electron chi connectivity index (χ3n) is 3.46. The fourth-order valence-electron chi connectivity index (χ4n) is 2.21. The van der Waals surface area contributed by atoms with E-state index in [0.29, 0.717) is 6.42 Å². The molecule has 0 aliphatic rings. The Morgan fingerprint density at radius 2 is 1.63 bits per heavy atom. The second kappa shape index (κ2) is 5.70. The quantitative estimate of drug-likeness (QED) is 0.743. The molecule has 0 aliphatic heterocycles. The molecule has 0 radical (unpaired) electrons. The first-order chi connectivity index (χ1) is 8.99. The first kappa shape index (κ1) is 14.0. The molecule has 0 aromatic heterocycles. The molecule has 0 fully saturated rings. The van der Waals surface area contributed by atoms with Crippen molar-refractivity contribution in [1.29, 1.82) is 0 Å². The van der Waals surface area contributed by atoms with E-state index in [4.69, 9.17) is 0 Å². The summed E-state index contributed by atoms with van der Waals surface area (Å²) in [5.41, 5.74) is 5.38. The number of carbonyl (C=O) groups is 1. The first-order valence-corrected chi connectivity index (χ1v) is 7.13. The van der Waals surface area contributed by atoms with Crippen molar-refractivity contribution in [2.45, 2.75) is 27.2 Å². The van der Waals surface area contributed by atoms with Gasteiger partial charge in [-0.3, -0.25) is 4.79 Å². The summed E-state index contributed by atoms with van der Waals surface area (Å²) in [5, 5.41) is 0. The van der Waals surface area contributed by atoms with E-state index in [2.05, 4.69) is 41.9 Å². The van der Waals surface area contributed by atoms with Crippen LogP contribution in [0, 0.1) is 20.8 Å². The van der Waals surface area contributed by atoms with Crippen LogP contribution in [0.2, 0.25) is 0 Å². The summed E-state index contributed by atoms with van der Waals surface area (Å²) in [7, 11) is 0.